The van der Waals surface area contributed by atoms with E-state index in [0.717, 1.165) is 23.3 Å². The molecule has 1 N–H and O–H groups in total. The van der Waals surface area contributed by atoms with E-state index in [9.17, 15) is 0 Å². The summed E-state index contributed by atoms with van der Waals surface area (Å²) in [5, 5.41) is 7.62. The van der Waals surface area contributed by atoms with Gasteiger partial charge in [0, 0.05) is 11.3 Å². The lowest BCUT2D eigenvalue weighted by atomic mass is 10.1. The van der Waals surface area contributed by atoms with Gasteiger partial charge in [-0.2, -0.15) is 0 Å². The second-order valence-electron chi connectivity index (χ2n) is 3.68. The van der Waals surface area contributed by atoms with Gasteiger partial charge in [0.15, 0.2) is 0 Å². The fourth-order valence-corrected chi connectivity index (χ4v) is 1.11. The van der Waals surface area contributed by atoms with Crippen molar-refractivity contribution in [2.24, 2.45) is 0 Å². The Morgan fingerprint density at radius 1 is 1.33 bits per heavy atom. The number of allylic oxidation sites excluding steroid dienone is 4. The van der Waals surface area contributed by atoms with E-state index in [4.69, 9.17) is 10.1 Å². The minimum absolute atomic E-state index is 0.480. The van der Waals surface area contributed by atoms with Gasteiger partial charge in [0.25, 0.3) is 0 Å². The molecule has 2 nitrogen and oxygen atoms in total. The number of nitrogens with one attached hydrogen (secondary N) is 1. The molecule has 15 heavy (non-hydrogen) atoms. The molecule has 0 aliphatic rings. The van der Waals surface area contributed by atoms with Gasteiger partial charge >= 0.3 is 0 Å². The van der Waals surface area contributed by atoms with Gasteiger partial charge in [-0.15, -0.1) is 0 Å². The van der Waals surface area contributed by atoms with E-state index in [0.29, 0.717) is 12.3 Å². The first kappa shape index (κ1) is 13.7. The van der Waals surface area contributed by atoms with Gasteiger partial charge < -0.3 is 10.1 Å². The molecule has 0 aromatic carbocycles. The number of hydrogen-bond acceptors (Lipinski definition) is 2. The van der Waals surface area contributed by atoms with Crippen LogP contribution < -0.4 is 0 Å². The van der Waals surface area contributed by atoms with E-state index in [-0.39, 0.29) is 0 Å². The molecule has 0 fully saturated rings. The summed E-state index contributed by atoms with van der Waals surface area (Å²) in [5.74, 6) is 0.749. The van der Waals surface area contributed by atoms with E-state index >= 15 is 0 Å². The van der Waals surface area contributed by atoms with Crippen LogP contribution in [0.3, 0.4) is 0 Å². The lowest BCUT2D eigenvalue weighted by Gasteiger charge is -2.10. The summed E-state index contributed by atoms with van der Waals surface area (Å²) in [7, 11) is 0. The van der Waals surface area contributed by atoms with Gasteiger partial charge in [0.2, 0.25) is 0 Å². The molecule has 0 unspecified atom stereocenters. The Bertz CT molecular complexity index is 294. The molecular weight excluding hydrogens is 186 g/mol. The third-order valence-electron chi connectivity index (χ3n) is 1.76. The molecule has 0 amide bonds. The maximum Gasteiger partial charge on any atom is 0.128 e. The highest BCUT2D eigenvalue weighted by atomic mass is 16.5. The molecule has 0 aromatic rings. The van der Waals surface area contributed by atoms with Crippen molar-refractivity contribution in [1.82, 2.24) is 0 Å². The number of ether oxygens (including phenoxy) is 1. The third kappa shape index (κ3) is 5.21. The Morgan fingerprint density at radius 2 is 1.93 bits per heavy atom. The van der Waals surface area contributed by atoms with Crippen molar-refractivity contribution in [2.75, 3.05) is 6.61 Å². The summed E-state index contributed by atoms with van der Waals surface area (Å²) in [6.45, 7) is 12.2. The van der Waals surface area contributed by atoms with E-state index in [1.807, 2.05) is 19.9 Å². The van der Waals surface area contributed by atoms with Crippen LogP contribution in [-0.4, -0.2) is 12.3 Å². The zero-order chi connectivity index (χ0) is 11.8. The van der Waals surface area contributed by atoms with Crippen LogP contribution in [0.25, 0.3) is 0 Å². The lowest BCUT2D eigenvalue weighted by molar-refractivity contribution is 0.223. The maximum atomic E-state index is 7.62. The summed E-state index contributed by atoms with van der Waals surface area (Å²) in [5.41, 5.74) is 2.40. The molecule has 84 valence electrons. The zero-order valence-corrected chi connectivity index (χ0v) is 10.2. The Morgan fingerprint density at radius 3 is 2.27 bits per heavy atom. The van der Waals surface area contributed by atoms with Crippen molar-refractivity contribution in [3.05, 3.63) is 35.6 Å². The summed E-state index contributed by atoms with van der Waals surface area (Å²) in [6, 6.07) is 0. The lowest BCUT2D eigenvalue weighted by Crippen LogP contribution is -2.02. The normalized spacial score (nSPS) is 11.5. The maximum absolute atomic E-state index is 7.62. The summed E-state index contributed by atoms with van der Waals surface area (Å²) in [4.78, 5) is 0. The Hall–Kier alpha value is -1.31. The number of hydrogen-bond donors (Lipinski definition) is 1. The minimum atomic E-state index is 0.480. The predicted octanol–water partition coefficient (Wildman–Crippen LogP) is 3.86. The monoisotopic (exact) mass is 207 g/mol. The second kappa shape index (κ2) is 7.04. The zero-order valence-electron chi connectivity index (χ0n) is 10.2. The molecule has 0 spiro atoms. The fraction of sp³-hybridized carbons (Fsp3) is 0.462. The predicted molar refractivity (Wildman–Crippen MR) is 66.3 cm³/mol. The molecule has 0 atom stereocenters. The summed E-state index contributed by atoms with van der Waals surface area (Å²) >= 11 is 0. The highest BCUT2D eigenvalue weighted by Gasteiger charge is 2.04. The summed E-state index contributed by atoms with van der Waals surface area (Å²) < 4.78 is 5.61. The van der Waals surface area contributed by atoms with Crippen molar-refractivity contribution in [1.29, 1.82) is 5.41 Å². The van der Waals surface area contributed by atoms with E-state index in [1.54, 1.807) is 13.0 Å². The third-order valence-corrected chi connectivity index (χ3v) is 1.76. The molecule has 0 bridgehead atoms. The van der Waals surface area contributed by atoms with Gasteiger partial charge in [-0.3, -0.25) is 0 Å². The smallest absolute Gasteiger partial charge is 0.128 e. The van der Waals surface area contributed by atoms with Crippen molar-refractivity contribution >= 4 is 5.71 Å². The average molecular weight is 207 g/mol. The molecule has 0 radical (unpaired) electrons. The van der Waals surface area contributed by atoms with Gasteiger partial charge in [0.1, 0.15) is 5.76 Å². The number of rotatable bonds is 6. The molecule has 0 aliphatic heterocycles. The molecular formula is C13H21NO. The van der Waals surface area contributed by atoms with Crippen LogP contribution in [0.5, 0.6) is 0 Å². The van der Waals surface area contributed by atoms with Crippen molar-refractivity contribution in [3.8, 4) is 0 Å². The van der Waals surface area contributed by atoms with Gasteiger partial charge in [0.05, 0.1) is 6.61 Å². The summed E-state index contributed by atoms with van der Waals surface area (Å²) in [6.07, 6.45) is 4.58. The highest BCUT2D eigenvalue weighted by Crippen LogP contribution is 2.13. The van der Waals surface area contributed by atoms with Crippen LogP contribution in [0.2, 0.25) is 0 Å². The average Bonchev–Trinajstić information content (AvgIpc) is 2.13. The first-order valence-corrected chi connectivity index (χ1v) is 5.22. The van der Waals surface area contributed by atoms with Crippen molar-refractivity contribution < 1.29 is 4.74 Å². The van der Waals surface area contributed by atoms with Crippen LogP contribution in [0.15, 0.2) is 35.6 Å². The van der Waals surface area contributed by atoms with Gasteiger partial charge in [-0.1, -0.05) is 25.2 Å². The standard InChI is InChI=1S/C13H21NO/c1-6-8-15-13(9-10(3)4)12(7-2)11(5)14/h7,9,14H,2,6,8H2,1,3-5H3. The Balaban J connectivity index is 5.10. The Labute approximate surface area is 92.8 Å². The molecule has 0 aromatic heterocycles. The fourth-order valence-electron chi connectivity index (χ4n) is 1.11. The van der Waals surface area contributed by atoms with Crippen LogP contribution in [0.4, 0.5) is 0 Å². The van der Waals surface area contributed by atoms with E-state index in [2.05, 4.69) is 13.5 Å². The van der Waals surface area contributed by atoms with Crippen LogP contribution >= 0.6 is 0 Å². The van der Waals surface area contributed by atoms with Crippen LogP contribution in [0, 0.1) is 5.41 Å². The molecule has 0 aliphatic carbocycles. The molecule has 2 heteroatoms. The van der Waals surface area contributed by atoms with E-state index < -0.39 is 0 Å². The Kier molecular flexibility index (Phi) is 6.43. The topological polar surface area (TPSA) is 33.1 Å². The van der Waals surface area contributed by atoms with Gasteiger partial charge in [-0.25, -0.2) is 0 Å². The van der Waals surface area contributed by atoms with Crippen LogP contribution in [0.1, 0.15) is 34.1 Å². The SMILES string of the molecule is C=CC(C(C)=N)=C(C=C(C)C)OCCC. The van der Waals surface area contributed by atoms with Crippen LogP contribution in [-0.2, 0) is 4.74 Å². The molecule has 0 saturated heterocycles. The molecule has 0 rings (SSSR count). The molecule has 0 saturated carbocycles. The quantitative estimate of drug-likeness (QED) is 0.400. The van der Waals surface area contributed by atoms with Crippen molar-refractivity contribution in [3.63, 3.8) is 0 Å². The first-order valence-electron chi connectivity index (χ1n) is 5.22. The molecule has 0 heterocycles. The largest absolute Gasteiger partial charge is 0.493 e. The first-order chi connectivity index (χ1) is 7.02. The van der Waals surface area contributed by atoms with Gasteiger partial charge in [-0.05, 0) is 33.3 Å². The second-order valence-corrected chi connectivity index (χ2v) is 3.68. The van der Waals surface area contributed by atoms with E-state index in [1.165, 1.54) is 0 Å². The van der Waals surface area contributed by atoms with Crippen molar-refractivity contribution in [2.45, 2.75) is 34.1 Å². The highest BCUT2D eigenvalue weighted by molar-refractivity contribution is 5.99. The minimum Gasteiger partial charge on any atom is -0.493 e.